The van der Waals surface area contributed by atoms with E-state index in [0.717, 1.165) is 41.9 Å². The van der Waals surface area contributed by atoms with E-state index >= 15 is 4.39 Å². The van der Waals surface area contributed by atoms with Gasteiger partial charge in [-0.05, 0) is 166 Å². The Hall–Kier alpha value is -6.07. The summed E-state index contributed by atoms with van der Waals surface area (Å²) in [6.07, 6.45) is 5.50. The number of benzene rings is 7. The number of halogens is 1. The fourth-order valence-corrected chi connectivity index (χ4v) is 13.6. The van der Waals surface area contributed by atoms with E-state index in [2.05, 4.69) is 210 Å². The van der Waals surface area contributed by atoms with Crippen molar-refractivity contribution in [2.45, 2.75) is 122 Å². The molecule has 3 unspecified atom stereocenters. The Labute approximate surface area is 398 Å². The van der Waals surface area contributed by atoms with Crippen molar-refractivity contribution in [3.63, 3.8) is 0 Å². The zero-order chi connectivity index (χ0) is 46.4. The molecule has 5 heteroatoms. The summed E-state index contributed by atoms with van der Waals surface area (Å²) in [6, 6.07) is 54.4. The number of fused-ring (bicyclic) bond motifs is 8. The lowest BCUT2D eigenvalue weighted by molar-refractivity contribution is 0.330. The van der Waals surface area contributed by atoms with Crippen molar-refractivity contribution in [1.29, 1.82) is 0 Å². The lowest BCUT2D eigenvalue weighted by Gasteiger charge is -2.48. The van der Waals surface area contributed by atoms with Crippen molar-refractivity contribution in [3.8, 4) is 11.1 Å². The standard InChI is InChI=1S/C62H63BFN3/c1-39(2)45-29-32-60(6,7)48-38-51-55(37-47(45)48)66(52-27-25-41(59(3,4)5)33-46(52)40-19-12-10-13-20-40)57-36-44(67-53-28-26-42(64)34-49(53)61(8)30-18-31-62(61,67)9)35-56-58(57)63(51)50-23-16-17-24-54(50)65(56)43-21-14-11-15-22-43/h10-17,19-28,33-39,45H,18,29-32H2,1-9H3. The number of hydrogen-bond donors (Lipinski definition) is 0. The summed E-state index contributed by atoms with van der Waals surface area (Å²) in [5.74, 6) is 0.814. The second-order valence-corrected chi connectivity index (χ2v) is 23.0. The molecule has 67 heavy (non-hydrogen) atoms. The topological polar surface area (TPSA) is 9.72 Å². The van der Waals surface area contributed by atoms with Gasteiger partial charge in [0.2, 0.25) is 0 Å². The van der Waals surface area contributed by atoms with Gasteiger partial charge in [0.15, 0.2) is 0 Å². The number of rotatable bonds is 5. The monoisotopic (exact) mass is 880 g/mol. The summed E-state index contributed by atoms with van der Waals surface area (Å²) in [7, 11) is 0. The van der Waals surface area contributed by atoms with Crippen molar-refractivity contribution in [3.05, 3.63) is 174 Å². The summed E-state index contributed by atoms with van der Waals surface area (Å²) in [6.45, 7) is 21.6. The Morgan fingerprint density at radius 1 is 0.597 bits per heavy atom. The van der Waals surface area contributed by atoms with Crippen LogP contribution in [0.2, 0.25) is 0 Å². The van der Waals surface area contributed by atoms with E-state index < -0.39 is 0 Å². The van der Waals surface area contributed by atoms with Gasteiger partial charge in [-0.25, -0.2) is 4.39 Å². The van der Waals surface area contributed by atoms with E-state index in [0.29, 0.717) is 11.8 Å². The summed E-state index contributed by atoms with van der Waals surface area (Å²) in [4.78, 5) is 7.84. The van der Waals surface area contributed by atoms with Gasteiger partial charge < -0.3 is 14.7 Å². The van der Waals surface area contributed by atoms with Crippen LogP contribution in [0.4, 0.5) is 49.9 Å². The maximum atomic E-state index is 15.5. The highest BCUT2D eigenvalue weighted by molar-refractivity contribution is 7.00. The molecule has 3 nitrogen and oxygen atoms in total. The van der Waals surface area contributed by atoms with Crippen molar-refractivity contribution in [2.24, 2.45) is 5.92 Å². The Balaban J connectivity index is 1.24. The van der Waals surface area contributed by atoms with Crippen LogP contribution in [0.1, 0.15) is 123 Å². The zero-order valence-electron chi connectivity index (χ0n) is 40.8. The maximum Gasteiger partial charge on any atom is 0.252 e. The molecule has 3 aliphatic heterocycles. The van der Waals surface area contributed by atoms with Crippen molar-refractivity contribution < 1.29 is 4.39 Å². The molecule has 0 saturated heterocycles. The third kappa shape index (κ3) is 6.08. The minimum Gasteiger partial charge on any atom is -0.334 e. The molecule has 2 aliphatic carbocycles. The van der Waals surface area contributed by atoms with E-state index in [9.17, 15) is 0 Å². The smallest absolute Gasteiger partial charge is 0.252 e. The van der Waals surface area contributed by atoms with E-state index in [1.807, 2.05) is 6.07 Å². The van der Waals surface area contributed by atoms with Crippen LogP contribution in [0.15, 0.2) is 146 Å². The van der Waals surface area contributed by atoms with Gasteiger partial charge in [-0.15, -0.1) is 0 Å². The number of nitrogens with zero attached hydrogens (tertiary/aromatic N) is 3. The highest BCUT2D eigenvalue weighted by Gasteiger charge is 2.60. The molecule has 0 radical (unpaired) electrons. The van der Waals surface area contributed by atoms with Crippen molar-refractivity contribution >= 4 is 68.6 Å². The Kier molecular flexibility index (Phi) is 9.29. The summed E-state index contributed by atoms with van der Waals surface area (Å²) in [5, 5.41) is 0. The first kappa shape index (κ1) is 42.3. The SMILES string of the molecule is CC(C)C1CCC(C)(C)c2cc3c(cc21)N(c1ccc(C(C)(C)C)cc1-c1ccccc1)c1cc(N2c4ccc(F)cc4C4(C)CCCC24C)cc2c1B3c1ccccc1N2c1ccccc1. The fraction of sp³-hybridized carbons (Fsp3) is 0.323. The Bertz CT molecular complexity index is 3130. The van der Waals surface area contributed by atoms with E-state index in [-0.39, 0.29) is 34.3 Å². The highest BCUT2D eigenvalue weighted by Crippen LogP contribution is 2.63. The molecule has 0 N–H and O–H groups in total. The van der Waals surface area contributed by atoms with Gasteiger partial charge >= 0.3 is 0 Å². The summed E-state index contributed by atoms with van der Waals surface area (Å²) >= 11 is 0. The van der Waals surface area contributed by atoms with Crippen LogP contribution in [0.25, 0.3) is 11.1 Å². The van der Waals surface area contributed by atoms with Crippen LogP contribution in [-0.4, -0.2) is 12.3 Å². The minimum absolute atomic E-state index is 0.0108. The summed E-state index contributed by atoms with van der Waals surface area (Å²) in [5.41, 5.74) is 20.9. The van der Waals surface area contributed by atoms with Gasteiger partial charge in [0.1, 0.15) is 5.82 Å². The molecule has 3 heterocycles. The molecule has 0 bridgehead atoms. The van der Waals surface area contributed by atoms with Gasteiger partial charge in [0.05, 0.1) is 11.2 Å². The van der Waals surface area contributed by atoms with Crippen LogP contribution in [0, 0.1) is 11.7 Å². The first-order valence-electron chi connectivity index (χ1n) is 25.0. The Morgan fingerprint density at radius 3 is 2.01 bits per heavy atom. The molecule has 1 saturated carbocycles. The highest BCUT2D eigenvalue weighted by atomic mass is 19.1. The molecule has 7 aromatic carbocycles. The van der Waals surface area contributed by atoms with Crippen molar-refractivity contribution in [1.82, 2.24) is 0 Å². The van der Waals surface area contributed by atoms with Crippen LogP contribution in [0.5, 0.6) is 0 Å². The molecular formula is C62H63BFN3. The molecule has 7 aromatic rings. The van der Waals surface area contributed by atoms with Gasteiger partial charge in [0.25, 0.3) is 6.71 Å². The molecule has 12 rings (SSSR count). The van der Waals surface area contributed by atoms with Gasteiger partial charge in [-0.3, -0.25) is 0 Å². The number of para-hydroxylation sites is 2. The lowest BCUT2D eigenvalue weighted by Crippen LogP contribution is -2.62. The fourth-order valence-electron chi connectivity index (χ4n) is 13.6. The van der Waals surface area contributed by atoms with E-state index in [4.69, 9.17) is 0 Å². The van der Waals surface area contributed by atoms with Gasteiger partial charge in [-0.2, -0.15) is 0 Å². The van der Waals surface area contributed by atoms with E-state index in [1.165, 1.54) is 85.5 Å². The second kappa shape index (κ2) is 14.7. The normalized spacial score (nSPS) is 22.0. The zero-order valence-corrected chi connectivity index (χ0v) is 40.8. The molecular weight excluding hydrogens is 817 g/mol. The molecule has 0 aromatic heterocycles. The molecule has 1 fully saturated rings. The third-order valence-electron chi connectivity index (χ3n) is 17.4. The molecule has 0 spiro atoms. The molecule has 3 atom stereocenters. The third-order valence-corrected chi connectivity index (χ3v) is 17.4. The quantitative estimate of drug-likeness (QED) is 0.160. The predicted octanol–water partition coefficient (Wildman–Crippen LogP) is 15.0. The van der Waals surface area contributed by atoms with Gasteiger partial charge in [-0.1, -0.05) is 141 Å². The maximum absolute atomic E-state index is 15.5. The molecule has 5 aliphatic rings. The average Bonchev–Trinajstić information content (AvgIpc) is 3.71. The molecule has 0 amide bonds. The second-order valence-electron chi connectivity index (χ2n) is 23.0. The lowest BCUT2D eigenvalue weighted by atomic mass is 9.33. The van der Waals surface area contributed by atoms with Crippen molar-refractivity contribution in [2.75, 3.05) is 14.7 Å². The minimum atomic E-state index is -0.260. The molecule has 336 valence electrons. The number of hydrogen-bond acceptors (Lipinski definition) is 3. The first-order valence-corrected chi connectivity index (χ1v) is 25.0. The largest absolute Gasteiger partial charge is 0.334 e. The first-order chi connectivity index (χ1) is 32.1. The van der Waals surface area contributed by atoms with E-state index in [1.54, 1.807) is 6.07 Å². The summed E-state index contributed by atoms with van der Waals surface area (Å²) < 4.78 is 15.5. The Morgan fingerprint density at radius 2 is 1.28 bits per heavy atom. The predicted molar refractivity (Wildman–Crippen MR) is 283 cm³/mol. The van der Waals surface area contributed by atoms with Crippen LogP contribution < -0.4 is 31.1 Å². The van der Waals surface area contributed by atoms with Crippen LogP contribution >= 0.6 is 0 Å². The van der Waals surface area contributed by atoms with Gasteiger partial charge in [0, 0.05) is 50.8 Å². The average molecular weight is 880 g/mol. The van der Waals surface area contributed by atoms with Crippen LogP contribution in [-0.2, 0) is 16.2 Å². The van der Waals surface area contributed by atoms with Crippen LogP contribution in [0.3, 0.4) is 0 Å². The number of anilines is 8.